The molecule has 0 bridgehead atoms. The summed E-state index contributed by atoms with van der Waals surface area (Å²) in [6, 6.07) is 8.38. The second-order valence-corrected chi connectivity index (χ2v) is 6.92. The quantitative estimate of drug-likeness (QED) is 0.857. The van der Waals surface area contributed by atoms with Crippen molar-refractivity contribution in [1.82, 2.24) is 19.7 Å². The van der Waals surface area contributed by atoms with E-state index in [0.29, 0.717) is 25.6 Å². The van der Waals surface area contributed by atoms with Crippen molar-refractivity contribution in [3.05, 3.63) is 47.5 Å². The summed E-state index contributed by atoms with van der Waals surface area (Å²) >= 11 is 0. The van der Waals surface area contributed by atoms with E-state index in [4.69, 9.17) is 4.74 Å². The average Bonchev–Trinajstić information content (AvgIpc) is 3.29. The summed E-state index contributed by atoms with van der Waals surface area (Å²) in [6.07, 6.45) is 2.49. The Morgan fingerprint density at radius 1 is 1.36 bits per heavy atom. The Balaban J connectivity index is 1.44. The lowest BCUT2D eigenvalue weighted by Crippen LogP contribution is -2.43. The van der Waals surface area contributed by atoms with Gasteiger partial charge in [-0.1, -0.05) is 24.3 Å². The van der Waals surface area contributed by atoms with Crippen LogP contribution in [0, 0.1) is 12.8 Å². The summed E-state index contributed by atoms with van der Waals surface area (Å²) in [5.74, 6) is 1.55. The zero-order valence-electron chi connectivity index (χ0n) is 14.8. The van der Waals surface area contributed by atoms with Crippen molar-refractivity contribution >= 4 is 5.91 Å². The second-order valence-electron chi connectivity index (χ2n) is 6.92. The summed E-state index contributed by atoms with van der Waals surface area (Å²) in [4.78, 5) is 14.9. The first kappa shape index (κ1) is 16.3. The molecule has 132 valence electrons. The standard InChI is InChI=1S/C19H24N4O2/c1-3-22-12-20-21-18(22)17-11-23(8-9-25-17)19(24)16-10-15(16)14-7-5-4-6-13(14)2/h4-7,12,15-17H,3,8-11H2,1-2H3/t15-,16+,17-/m0/s1. The fourth-order valence-corrected chi connectivity index (χ4v) is 3.81. The van der Waals surface area contributed by atoms with Gasteiger partial charge >= 0.3 is 0 Å². The lowest BCUT2D eigenvalue weighted by atomic mass is 10.0. The molecule has 0 N–H and O–H groups in total. The van der Waals surface area contributed by atoms with Crippen LogP contribution in [0.25, 0.3) is 0 Å². The van der Waals surface area contributed by atoms with Crippen LogP contribution in [0.5, 0.6) is 0 Å². The Morgan fingerprint density at radius 2 is 2.20 bits per heavy atom. The number of aromatic nitrogens is 3. The third-order valence-electron chi connectivity index (χ3n) is 5.35. The molecule has 1 amide bonds. The first-order valence-corrected chi connectivity index (χ1v) is 9.02. The van der Waals surface area contributed by atoms with Crippen LogP contribution in [0.4, 0.5) is 0 Å². The van der Waals surface area contributed by atoms with Crippen LogP contribution < -0.4 is 0 Å². The number of rotatable bonds is 4. The Bertz CT molecular complexity index is 772. The zero-order chi connectivity index (χ0) is 17.4. The fraction of sp³-hybridized carbons (Fsp3) is 0.526. The van der Waals surface area contributed by atoms with Crippen molar-refractivity contribution in [3.8, 4) is 0 Å². The molecular weight excluding hydrogens is 316 g/mol. The number of nitrogens with zero attached hydrogens (tertiary/aromatic N) is 4. The molecule has 2 fully saturated rings. The molecule has 1 aromatic carbocycles. The van der Waals surface area contributed by atoms with Crippen LogP contribution in [0.1, 0.15) is 42.3 Å². The number of carbonyl (C=O) groups excluding carboxylic acids is 1. The zero-order valence-corrected chi connectivity index (χ0v) is 14.8. The SMILES string of the molecule is CCn1cnnc1[C@@H]1CN(C(=O)[C@@H]2C[C@H]2c2ccccc2C)CCO1. The van der Waals surface area contributed by atoms with Crippen LogP contribution in [0.2, 0.25) is 0 Å². The molecule has 25 heavy (non-hydrogen) atoms. The van der Waals surface area contributed by atoms with Crippen LogP contribution in [0.3, 0.4) is 0 Å². The van der Waals surface area contributed by atoms with Gasteiger partial charge < -0.3 is 14.2 Å². The molecule has 1 aromatic heterocycles. The van der Waals surface area contributed by atoms with Gasteiger partial charge in [0, 0.05) is 19.0 Å². The van der Waals surface area contributed by atoms with Crippen LogP contribution in [0.15, 0.2) is 30.6 Å². The van der Waals surface area contributed by atoms with Crippen molar-refractivity contribution in [3.63, 3.8) is 0 Å². The van der Waals surface area contributed by atoms with Gasteiger partial charge in [0.1, 0.15) is 12.4 Å². The number of hydrogen-bond donors (Lipinski definition) is 0. The number of hydrogen-bond acceptors (Lipinski definition) is 4. The van der Waals surface area contributed by atoms with E-state index in [1.54, 1.807) is 6.33 Å². The van der Waals surface area contributed by atoms with Gasteiger partial charge in [0.2, 0.25) is 5.91 Å². The molecule has 2 aromatic rings. The highest BCUT2D eigenvalue weighted by molar-refractivity contribution is 5.83. The molecule has 2 aliphatic rings. The first-order chi connectivity index (χ1) is 12.2. The van der Waals surface area contributed by atoms with Gasteiger partial charge in [-0.3, -0.25) is 4.79 Å². The average molecular weight is 340 g/mol. The lowest BCUT2D eigenvalue weighted by molar-refractivity contribution is -0.140. The Kier molecular flexibility index (Phi) is 4.29. The summed E-state index contributed by atoms with van der Waals surface area (Å²) in [6.45, 7) is 6.75. The highest BCUT2D eigenvalue weighted by Crippen LogP contribution is 2.49. The molecule has 6 nitrogen and oxygen atoms in total. The maximum Gasteiger partial charge on any atom is 0.226 e. The Hall–Kier alpha value is -2.21. The van der Waals surface area contributed by atoms with Crippen LogP contribution in [-0.2, 0) is 16.1 Å². The maximum absolute atomic E-state index is 13.0. The highest BCUT2D eigenvalue weighted by atomic mass is 16.5. The minimum absolute atomic E-state index is 0.115. The molecule has 1 saturated carbocycles. The second kappa shape index (κ2) is 6.59. The molecule has 4 rings (SSSR count). The normalized spacial score (nSPS) is 25.8. The number of ether oxygens (including phenoxy) is 1. The van der Waals surface area contributed by atoms with E-state index in [1.165, 1.54) is 11.1 Å². The van der Waals surface area contributed by atoms with E-state index in [-0.39, 0.29) is 17.9 Å². The molecule has 6 heteroatoms. The summed E-state index contributed by atoms with van der Waals surface area (Å²) in [5.41, 5.74) is 2.59. The van der Waals surface area contributed by atoms with Crippen molar-refractivity contribution in [1.29, 1.82) is 0 Å². The first-order valence-electron chi connectivity index (χ1n) is 9.02. The van der Waals surface area contributed by atoms with Gasteiger partial charge in [0.05, 0.1) is 13.2 Å². The lowest BCUT2D eigenvalue weighted by Gasteiger charge is -2.32. The smallest absolute Gasteiger partial charge is 0.226 e. The summed E-state index contributed by atoms with van der Waals surface area (Å²) in [7, 11) is 0. The highest BCUT2D eigenvalue weighted by Gasteiger charge is 2.47. The van der Waals surface area contributed by atoms with Gasteiger partial charge in [-0.25, -0.2) is 0 Å². The summed E-state index contributed by atoms with van der Waals surface area (Å²) in [5, 5.41) is 8.17. The molecule has 1 aliphatic carbocycles. The Labute approximate surface area is 147 Å². The van der Waals surface area contributed by atoms with E-state index in [1.807, 2.05) is 9.47 Å². The fourth-order valence-electron chi connectivity index (χ4n) is 3.81. The molecule has 0 radical (unpaired) electrons. The predicted octanol–water partition coefficient (Wildman–Crippen LogP) is 2.31. The van der Waals surface area contributed by atoms with E-state index in [2.05, 4.69) is 48.3 Å². The molecule has 2 heterocycles. The minimum Gasteiger partial charge on any atom is -0.366 e. The topological polar surface area (TPSA) is 60.2 Å². The number of morpholine rings is 1. The number of aryl methyl sites for hydroxylation is 2. The predicted molar refractivity (Wildman–Crippen MR) is 93.0 cm³/mol. The molecule has 1 aliphatic heterocycles. The van der Waals surface area contributed by atoms with E-state index in [9.17, 15) is 4.79 Å². The van der Waals surface area contributed by atoms with Crippen molar-refractivity contribution in [2.75, 3.05) is 19.7 Å². The van der Waals surface area contributed by atoms with E-state index in [0.717, 1.165) is 18.8 Å². The van der Waals surface area contributed by atoms with Crippen molar-refractivity contribution in [2.45, 2.75) is 38.8 Å². The maximum atomic E-state index is 13.0. The van der Waals surface area contributed by atoms with Gasteiger partial charge in [-0.05, 0) is 37.3 Å². The number of benzene rings is 1. The summed E-state index contributed by atoms with van der Waals surface area (Å²) < 4.78 is 7.84. The number of amides is 1. The van der Waals surface area contributed by atoms with Gasteiger partial charge in [-0.2, -0.15) is 0 Å². The van der Waals surface area contributed by atoms with Crippen molar-refractivity contribution in [2.24, 2.45) is 5.92 Å². The van der Waals surface area contributed by atoms with Gasteiger partial charge in [0.25, 0.3) is 0 Å². The third-order valence-corrected chi connectivity index (χ3v) is 5.35. The minimum atomic E-state index is -0.184. The Morgan fingerprint density at radius 3 is 3.00 bits per heavy atom. The monoisotopic (exact) mass is 340 g/mol. The van der Waals surface area contributed by atoms with E-state index >= 15 is 0 Å². The van der Waals surface area contributed by atoms with Gasteiger partial charge in [0.15, 0.2) is 5.82 Å². The molecule has 1 saturated heterocycles. The molecule has 0 spiro atoms. The van der Waals surface area contributed by atoms with Crippen molar-refractivity contribution < 1.29 is 9.53 Å². The molecule has 0 unspecified atom stereocenters. The molecular formula is C19H24N4O2. The van der Waals surface area contributed by atoms with E-state index < -0.39 is 0 Å². The molecule has 3 atom stereocenters. The largest absolute Gasteiger partial charge is 0.366 e. The van der Waals surface area contributed by atoms with Crippen LogP contribution >= 0.6 is 0 Å². The number of carbonyl (C=O) groups is 1. The third kappa shape index (κ3) is 3.06. The van der Waals surface area contributed by atoms with Crippen LogP contribution in [-0.4, -0.2) is 45.3 Å². The van der Waals surface area contributed by atoms with Gasteiger partial charge in [-0.15, -0.1) is 10.2 Å².